The van der Waals surface area contributed by atoms with Crippen LogP contribution in [0, 0.1) is 0 Å². The molecule has 0 atom stereocenters. The van der Waals surface area contributed by atoms with Crippen molar-refractivity contribution in [2.45, 2.75) is 26.8 Å². The average molecular weight is 337 g/mol. The molecule has 4 heteroatoms. The first-order valence-corrected chi connectivity index (χ1v) is 8.69. The van der Waals surface area contributed by atoms with Crippen molar-refractivity contribution in [3.63, 3.8) is 0 Å². The highest BCUT2D eigenvalue weighted by Crippen LogP contribution is 2.23. The Balaban J connectivity index is 1.80. The van der Waals surface area contributed by atoms with Gasteiger partial charge in [-0.1, -0.05) is 19.1 Å². The van der Waals surface area contributed by atoms with Crippen LogP contribution in [0.15, 0.2) is 54.7 Å². The second-order valence-corrected chi connectivity index (χ2v) is 5.93. The first-order valence-electron chi connectivity index (χ1n) is 8.69. The number of aromatic nitrogens is 1. The number of esters is 1. The fourth-order valence-corrected chi connectivity index (χ4v) is 2.84. The molecular formula is C21H23NO3. The van der Waals surface area contributed by atoms with Gasteiger partial charge >= 0.3 is 5.97 Å². The Labute approximate surface area is 148 Å². The van der Waals surface area contributed by atoms with Crippen LogP contribution in [0.1, 0.15) is 36.2 Å². The quantitative estimate of drug-likeness (QED) is 0.589. The molecule has 1 aromatic heterocycles. The molecule has 0 N–H and O–H groups in total. The van der Waals surface area contributed by atoms with Crippen LogP contribution in [0.2, 0.25) is 0 Å². The molecule has 0 unspecified atom stereocenters. The lowest BCUT2D eigenvalue weighted by molar-refractivity contribution is 0.0505. The fourth-order valence-electron chi connectivity index (χ4n) is 2.84. The predicted octanol–water partition coefficient (Wildman–Crippen LogP) is 4.66. The van der Waals surface area contributed by atoms with E-state index in [1.54, 1.807) is 6.07 Å². The van der Waals surface area contributed by atoms with Crippen LogP contribution >= 0.6 is 0 Å². The molecule has 0 amide bonds. The highest BCUT2D eigenvalue weighted by molar-refractivity contribution is 5.89. The molecule has 1 heterocycles. The molecule has 25 heavy (non-hydrogen) atoms. The number of carbonyl (C=O) groups is 1. The summed E-state index contributed by atoms with van der Waals surface area (Å²) in [4.78, 5) is 12.0. The van der Waals surface area contributed by atoms with Crippen molar-refractivity contribution < 1.29 is 14.3 Å². The predicted molar refractivity (Wildman–Crippen MR) is 99.2 cm³/mol. The van der Waals surface area contributed by atoms with Gasteiger partial charge < -0.3 is 14.0 Å². The van der Waals surface area contributed by atoms with Gasteiger partial charge in [-0.05, 0) is 55.3 Å². The van der Waals surface area contributed by atoms with Gasteiger partial charge in [-0.2, -0.15) is 0 Å². The largest absolute Gasteiger partial charge is 0.494 e. The number of fused-ring (bicyclic) bond motifs is 1. The van der Waals surface area contributed by atoms with Crippen LogP contribution in [0.5, 0.6) is 5.75 Å². The maximum Gasteiger partial charge on any atom is 0.338 e. The summed E-state index contributed by atoms with van der Waals surface area (Å²) >= 11 is 0. The van der Waals surface area contributed by atoms with E-state index in [2.05, 4.69) is 22.9 Å². The normalized spacial score (nSPS) is 10.8. The van der Waals surface area contributed by atoms with E-state index in [-0.39, 0.29) is 5.97 Å². The molecule has 4 nitrogen and oxygen atoms in total. The molecule has 0 saturated carbocycles. The van der Waals surface area contributed by atoms with Crippen molar-refractivity contribution in [2.75, 3.05) is 13.2 Å². The summed E-state index contributed by atoms with van der Waals surface area (Å²) in [5.41, 5.74) is 2.81. The molecule has 0 aliphatic carbocycles. The SMILES string of the molecule is CCCOC(=O)c1cccc(Cn2ccc3cc(OCC)ccc32)c1. The van der Waals surface area contributed by atoms with Gasteiger partial charge in [-0.3, -0.25) is 0 Å². The number of hydrogen-bond donors (Lipinski definition) is 0. The minimum atomic E-state index is -0.262. The average Bonchev–Trinajstić information content (AvgIpc) is 3.02. The Morgan fingerprint density at radius 1 is 1.08 bits per heavy atom. The highest BCUT2D eigenvalue weighted by atomic mass is 16.5. The lowest BCUT2D eigenvalue weighted by atomic mass is 10.1. The summed E-state index contributed by atoms with van der Waals surface area (Å²) in [5, 5.41) is 1.14. The molecule has 3 aromatic rings. The Morgan fingerprint density at radius 3 is 2.76 bits per heavy atom. The van der Waals surface area contributed by atoms with E-state index in [0.717, 1.165) is 28.6 Å². The maximum atomic E-state index is 12.0. The first kappa shape index (κ1) is 17.1. The van der Waals surface area contributed by atoms with Gasteiger partial charge in [0.25, 0.3) is 0 Å². The molecule has 0 spiro atoms. The summed E-state index contributed by atoms with van der Waals surface area (Å²) < 4.78 is 12.9. The van der Waals surface area contributed by atoms with E-state index in [0.29, 0.717) is 25.3 Å². The molecule has 130 valence electrons. The van der Waals surface area contributed by atoms with Gasteiger partial charge in [0.05, 0.1) is 18.8 Å². The van der Waals surface area contributed by atoms with E-state index in [1.165, 1.54) is 0 Å². The maximum absolute atomic E-state index is 12.0. The van der Waals surface area contributed by atoms with Gasteiger partial charge in [-0.15, -0.1) is 0 Å². The highest BCUT2D eigenvalue weighted by Gasteiger charge is 2.09. The standard InChI is InChI=1S/C21H23NO3/c1-3-12-25-21(23)18-7-5-6-16(13-18)15-22-11-10-17-14-19(24-4-2)8-9-20(17)22/h5-11,13-14H,3-4,12,15H2,1-2H3. The first-order chi connectivity index (χ1) is 12.2. The molecule has 0 fully saturated rings. The molecule has 0 aliphatic heterocycles. The van der Waals surface area contributed by atoms with Crippen molar-refractivity contribution in [3.05, 3.63) is 65.9 Å². The summed E-state index contributed by atoms with van der Waals surface area (Å²) in [6.45, 7) is 5.78. The smallest absolute Gasteiger partial charge is 0.338 e. The Morgan fingerprint density at radius 2 is 1.96 bits per heavy atom. The molecule has 2 aromatic carbocycles. The summed E-state index contributed by atoms with van der Waals surface area (Å²) in [7, 11) is 0. The van der Waals surface area contributed by atoms with E-state index >= 15 is 0 Å². The van der Waals surface area contributed by atoms with Crippen LogP contribution < -0.4 is 4.74 Å². The number of carbonyl (C=O) groups excluding carboxylic acids is 1. The van der Waals surface area contributed by atoms with Gasteiger partial charge in [0, 0.05) is 23.6 Å². The molecule has 0 bridgehead atoms. The molecular weight excluding hydrogens is 314 g/mol. The second kappa shape index (κ2) is 7.88. The van der Waals surface area contributed by atoms with Gasteiger partial charge in [-0.25, -0.2) is 4.79 Å². The topological polar surface area (TPSA) is 40.5 Å². The van der Waals surface area contributed by atoms with Crippen LogP contribution in [-0.2, 0) is 11.3 Å². The van der Waals surface area contributed by atoms with E-state index in [9.17, 15) is 4.79 Å². The van der Waals surface area contributed by atoms with E-state index in [1.807, 2.05) is 44.2 Å². The Kier molecular flexibility index (Phi) is 5.39. The molecule has 3 rings (SSSR count). The lowest BCUT2D eigenvalue weighted by Crippen LogP contribution is -2.07. The van der Waals surface area contributed by atoms with Gasteiger partial charge in [0.1, 0.15) is 5.75 Å². The lowest BCUT2D eigenvalue weighted by Gasteiger charge is -2.09. The van der Waals surface area contributed by atoms with Crippen LogP contribution in [0.3, 0.4) is 0 Å². The molecule has 0 aliphatic rings. The number of hydrogen-bond acceptors (Lipinski definition) is 3. The van der Waals surface area contributed by atoms with Crippen molar-refractivity contribution in [1.29, 1.82) is 0 Å². The zero-order chi connectivity index (χ0) is 17.6. The third-order valence-electron chi connectivity index (χ3n) is 4.01. The Hall–Kier alpha value is -2.75. The van der Waals surface area contributed by atoms with Crippen molar-refractivity contribution >= 4 is 16.9 Å². The third kappa shape index (κ3) is 4.02. The van der Waals surface area contributed by atoms with Crippen LogP contribution in [0.4, 0.5) is 0 Å². The number of benzene rings is 2. The van der Waals surface area contributed by atoms with E-state index in [4.69, 9.17) is 9.47 Å². The van der Waals surface area contributed by atoms with E-state index < -0.39 is 0 Å². The third-order valence-corrected chi connectivity index (χ3v) is 4.01. The summed E-state index contributed by atoms with van der Waals surface area (Å²) in [6.07, 6.45) is 2.88. The fraction of sp³-hybridized carbons (Fsp3) is 0.286. The van der Waals surface area contributed by atoms with Crippen molar-refractivity contribution in [2.24, 2.45) is 0 Å². The molecule has 0 radical (unpaired) electrons. The number of nitrogens with zero attached hydrogens (tertiary/aromatic N) is 1. The van der Waals surface area contributed by atoms with Crippen LogP contribution in [0.25, 0.3) is 10.9 Å². The number of ether oxygens (including phenoxy) is 2. The van der Waals surface area contributed by atoms with Gasteiger partial charge in [0.15, 0.2) is 0 Å². The minimum absolute atomic E-state index is 0.262. The zero-order valence-corrected chi connectivity index (χ0v) is 14.7. The number of rotatable bonds is 7. The second-order valence-electron chi connectivity index (χ2n) is 5.93. The summed E-state index contributed by atoms with van der Waals surface area (Å²) in [5.74, 6) is 0.621. The monoisotopic (exact) mass is 337 g/mol. The van der Waals surface area contributed by atoms with Crippen molar-refractivity contribution in [1.82, 2.24) is 4.57 Å². The Bertz CT molecular complexity index is 866. The van der Waals surface area contributed by atoms with Crippen LogP contribution in [-0.4, -0.2) is 23.8 Å². The minimum Gasteiger partial charge on any atom is -0.494 e. The zero-order valence-electron chi connectivity index (χ0n) is 14.7. The molecule has 0 saturated heterocycles. The summed E-state index contributed by atoms with van der Waals surface area (Å²) in [6, 6.07) is 15.8. The van der Waals surface area contributed by atoms with Crippen molar-refractivity contribution in [3.8, 4) is 5.75 Å². The van der Waals surface area contributed by atoms with Gasteiger partial charge in [0.2, 0.25) is 0 Å².